The van der Waals surface area contributed by atoms with Gasteiger partial charge in [0.05, 0.1) is 28.1 Å². The average Bonchev–Trinajstić information content (AvgIpc) is 2.52. The average molecular weight is 306 g/mol. The molecule has 1 aliphatic rings. The molecule has 117 valence electrons. The van der Waals surface area contributed by atoms with Crippen LogP contribution in [0.4, 0.5) is 0 Å². The van der Waals surface area contributed by atoms with Crippen LogP contribution in [0.15, 0.2) is 30.3 Å². The first-order valence-electron chi connectivity index (χ1n) is 8.28. The Bertz CT molecular complexity index is 374. The lowest BCUT2D eigenvalue weighted by molar-refractivity contribution is -0.0554. The number of hydrogen-bond donors (Lipinski definition) is 0. The van der Waals surface area contributed by atoms with Crippen molar-refractivity contribution < 1.29 is 9.47 Å². The van der Waals surface area contributed by atoms with Gasteiger partial charge in [-0.25, -0.2) is 0 Å². The maximum atomic E-state index is 6.24. The second-order valence-corrected chi connectivity index (χ2v) is 9.16. The highest BCUT2D eigenvalue weighted by molar-refractivity contribution is 6.55. The van der Waals surface area contributed by atoms with Crippen LogP contribution in [-0.4, -0.2) is 27.7 Å². The highest BCUT2D eigenvalue weighted by atomic mass is 28.3. The molecule has 1 atom stereocenters. The van der Waals surface area contributed by atoms with E-state index in [-0.39, 0.29) is 14.9 Å². The van der Waals surface area contributed by atoms with Gasteiger partial charge in [0, 0.05) is 6.23 Å². The van der Waals surface area contributed by atoms with Gasteiger partial charge in [-0.3, -0.25) is 0 Å². The molecular weight excluding hydrogens is 276 g/mol. The van der Waals surface area contributed by atoms with Gasteiger partial charge < -0.3 is 9.47 Å². The largest absolute Gasteiger partial charge is 0.382 e. The zero-order chi connectivity index (χ0) is 14.9. The predicted octanol–water partition coefficient (Wildman–Crippen LogP) is 4.46. The van der Waals surface area contributed by atoms with Crippen molar-refractivity contribution in [3.63, 3.8) is 0 Å². The Morgan fingerprint density at radius 1 is 1.10 bits per heavy atom. The van der Waals surface area contributed by atoms with Crippen molar-refractivity contribution in [3.8, 4) is 0 Å². The van der Waals surface area contributed by atoms with Gasteiger partial charge >= 0.3 is 0 Å². The maximum Gasteiger partial charge on any atom is 0.0840 e. The summed E-state index contributed by atoms with van der Waals surface area (Å²) in [5.41, 5.74) is 1.26. The van der Waals surface area contributed by atoms with Crippen molar-refractivity contribution in [2.24, 2.45) is 5.92 Å². The summed E-state index contributed by atoms with van der Waals surface area (Å²) in [6, 6.07) is 10.5. The van der Waals surface area contributed by atoms with E-state index in [4.69, 9.17) is 9.47 Å². The highest BCUT2D eigenvalue weighted by Gasteiger charge is 2.24. The molecule has 0 saturated heterocycles. The SMILES string of the molecule is C[Si](C)COC[C@@H](OCc1ccccc1)C1CCCCC1. The molecular formula is C18H29O2Si. The van der Waals surface area contributed by atoms with Crippen LogP contribution in [0.1, 0.15) is 37.7 Å². The van der Waals surface area contributed by atoms with E-state index in [1.165, 1.54) is 37.7 Å². The van der Waals surface area contributed by atoms with E-state index in [1.807, 2.05) is 0 Å². The van der Waals surface area contributed by atoms with Gasteiger partial charge in [0.15, 0.2) is 0 Å². The number of rotatable bonds is 8. The Morgan fingerprint density at radius 3 is 2.48 bits per heavy atom. The summed E-state index contributed by atoms with van der Waals surface area (Å²) < 4.78 is 12.2. The Hall–Kier alpha value is -0.643. The molecule has 0 aromatic heterocycles. The van der Waals surface area contributed by atoms with Crippen LogP contribution in [0.3, 0.4) is 0 Å². The minimum Gasteiger partial charge on any atom is -0.382 e. The summed E-state index contributed by atoms with van der Waals surface area (Å²) in [5.74, 6) is 0.687. The monoisotopic (exact) mass is 305 g/mol. The summed E-state index contributed by atoms with van der Waals surface area (Å²) in [7, 11) is -0.304. The number of hydrogen-bond acceptors (Lipinski definition) is 2. The second kappa shape index (κ2) is 9.39. The lowest BCUT2D eigenvalue weighted by Gasteiger charge is -2.30. The normalized spacial score (nSPS) is 18.0. The summed E-state index contributed by atoms with van der Waals surface area (Å²) >= 11 is 0. The van der Waals surface area contributed by atoms with E-state index >= 15 is 0 Å². The second-order valence-electron chi connectivity index (χ2n) is 6.46. The van der Waals surface area contributed by atoms with Crippen LogP contribution in [0.5, 0.6) is 0 Å². The summed E-state index contributed by atoms with van der Waals surface area (Å²) in [6.45, 7) is 6.07. The number of ether oxygens (including phenoxy) is 2. The fraction of sp³-hybridized carbons (Fsp3) is 0.667. The Balaban J connectivity index is 1.84. The van der Waals surface area contributed by atoms with E-state index in [0.717, 1.165) is 12.8 Å². The van der Waals surface area contributed by atoms with Crippen molar-refractivity contribution >= 4 is 8.80 Å². The van der Waals surface area contributed by atoms with E-state index in [9.17, 15) is 0 Å². The number of benzene rings is 1. The summed E-state index contributed by atoms with van der Waals surface area (Å²) in [4.78, 5) is 0. The molecule has 0 amide bonds. The summed E-state index contributed by atoms with van der Waals surface area (Å²) in [6.07, 6.45) is 7.91. The van der Waals surface area contributed by atoms with Crippen molar-refractivity contribution in [1.29, 1.82) is 0 Å². The molecule has 1 radical (unpaired) electrons. The molecule has 0 N–H and O–H groups in total. The van der Waals surface area contributed by atoms with E-state index in [0.29, 0.717) is 12.5 Å². The van der Waals surface area contributed by atoms with Crippen molar-refractivity contribution in [1.82, 2.24) is 0 Å². The quantitative estimate of drug-likeness (QED) is 0.660. The van der Waals surface area contributed by atoms with Crippen LogP contribution in [0.25, 0.3) is 0 Å². The molecule has 0 unspecified atom stereocenters. The molecule has 21 heavy (non-hydrogen) atoms. The van der Waals surface area contributed by atoms with Gasteiger partial charge in [0.2, 0.25) is 0 Å². The first-order chi connectivity index (χ1) is 10.3. The molecule has 2 rings (SSSR count). The van der Waals surface area contributed by atoms with Crippen molar-refractivity contribution in [2.75, 3.05) is 12.8 Å². The van der Waals surface area contributed by atoms with E-state index < -0.39 is 0 Å². The third kappa shape index (κ3) is 6.33. The highest BCUT2D eigenvalue weighted by Crippen LogP contribution is 2.28. The van der Waals surface area contributed by atoms with Crippen LogP contribution in [0, 0.1) is 5.92 Å². The minimum atomic E-state index is -0.304. The lowest BCUT2D eigenvalue weighted by atomic mass is 9.85. The molecule has 2 nitrogen and oxygen atoms in total. The maximum absolute atomic E-state index is 6.24. The van der Waals surface area contributed by atoms with E-state index in [1.54, 1.807) is 0 Å². The topological polar surface area (TPSA) is 18.5 Å². The van der Waals surface area contributed by atoms with Gasteiger partial charge in [-0.15, -0.1) is 0 Å². The van der Waals surface area contributed by atoms with Gasteiger partial charge in [0.25, 0.3) is 0 Å². The van der Waals surface area contributed by atoms with Crippen LogP contribution in [0.2, 0.25) is 13.1 Å². The minimum absolute atomic E-state index is 0.270. The smallest absolute Gasteiger partial charge is 0.0840 e. The fourth-order valence-corrected chi connectivity index (χ4v) is 3.51. The molecule has 1 fully saturated rings. The predicted molar refractivity (Wildman–Crippen MR) is 89.9 cm³/mol. The molecule has 0 aliphatic heterocycles. The third-order valence-electron chi connectivity index (χ3n) is 4.16. The Kier molecular flexibility index (Phi) is 7.48. The standard InChI is InChI=1S/C18H29O2Si/c1-21(2)15-19-14-18(17-11-7-4-8-12-17)20-13-16-9-5-3-6-10-16/h3,5-6,9-10,17-18H,4,7-8,11-15H2,1-2H3/t18-/m1/s1. The molecule has 1 aliphatic carbocycles. The molecule has 1 aromatic rings. The molecule has 0 heterocycles. The van der Waals surface area contributed by atoms with Crippen molar-refractivity contribution in [2.45, 2.75) is 57.9 Å². The fourth-order valence-electron chi connectivity index (χ4n) is 2.98. The van der Waals surface area contributed by atoms with Gasteiger partial charge in [-0.05, 0) is 24.3 Å². The zero-order valence-corrected chi connectivity index (χ0v) is 14.5. The van der Waals surface area contributed by atoms with Crippen LogP contribution in [-0.2, 0) is 16.1 Å². The summed E-state index contributed by atoms with van der Waals surface area (Å²) in [5, 5.41) is 0. The molecule has 1 saturated carbocycles. The van der Waals surface area contributed by atoms with Crippen LogP contribution < -0.4 is 0 Å². The van der Waals surface area contributed by atoms with Gasteiger partial charge in [-0.1, -0.05) is 62.7 Å². The molecule has 0 spiro atoms. The first-order valence-corrected chi connectivity index (χ1v) is 11.0. The third-order valence-corrected chi connectivity index (χ3v) is 4.94. The molecule has 3 heteroatoms. The lowest BCUT2D eigenvalue weighted by Crippen LogP contribution is -2.32. The first kappa shape index (κ1) is 16.7. The van der Waals surface area contributed by atoms with Gasteiger partial charge in [0.1, 0.15) is 0 Å². The van der Waals surface area contributed by atoms with Gasteiger partial charge in [-0.2, -0.15) is 0 Å². The van der Waals surface area contributed by atoms with Crippen LogP contribution >= 0.6 is 0 Å². The zero-order valence-electron chi connectivity index (χ0n) is 13.5. The Labute approximate surface area is 131 Å². The Morgan fingerprint density at radius 2 is 1.81 bits per heavy atom. The molecule has 0 bridgehead atoms. The van der Waals surface area contributed by atoms with E-state index in [2.05, 4.69) is 43.4 Å². The molecule has 1 aromatic carbocycles. The van der Waals surface area contributed by atoms with Crippen molar-refractivity contribution in [3.05, 3.63) is 35.9 Å².